The van der Waals surface area contributed by atoms with Gasteiger partial charge in [-0.3, -0.25) is 4.79 Å². The fraction of sp³-hybridized carbons (Fsp3) is 0.500. The molecule has 0 unspecified atom stereocenters. The van der Waals surface area contributed by atoms with E-state index in [1.54, 1.807) is 11.8 Å². The molecule has 2 fully saturated rings. The normalized spacial score (nSPS) is 23.4. The number of halogens is 1. The van der Waals surface area contributed by atoms with Crippen LogP contribution in [0.1, 0.15) is 35.4 Å². The molecule has 0 radical (unpaired) electrons. The van der Waals surface area contributed by atoms with Gasteiger partial charge in [0.05, 0.1) is 17.6 Å². The van der Waals surface area contributed by atoms with Gasteiger partial charge in [-0.05, 0) is 50.5 Å². The quantitative estimate of drug-likeness (QED) is 0.736. The molecule has 29 heavy (non-hydrogen) atoms. The molecule has 1 aromatic heterocycles. The lowest BCUT2D eigenvalue weighted by atomic mass is 10.0. The van der Waals surface area contributed by atoms with Crippen molar-refractivity contribution in [2.75, 3.05) is 24.7 Å². The Morgan fingerprint density at radius 1 is 1.28 bits per heavy atom. The molecule has 2 aliphatic rings. The highest BCUT2D eigenvalue weighted by Crippen LogP contribution is 2.30. The fourth-order valence-electron chi connectivity index (χ4n) is 4.00. The number of amides is 1. The number of nitrogens with zero attached hydrogens (tertiary/aromatic N) is 2. The molecule has 9 heteroatoms. The second kappa shape index (κ2) is 7.87. The third kappa shape index (κ3) is 4.20. The molecule has 2 saturated heterocycles. The van der Waals surface area contributed by atoms with Crippen LogP contribution in [-0.2, 0) is 14.6 Å². The number of ether oxygens (including phenoxy) is 1. The Balaban J connectivity index is 1.68. The van der Waals surface area contributed by atoms with Gasteiger partial charge in [-0.15, -0.1) is 0 Å². The van der Waals surface area contributed by atoms with Gasteiger partial charge in [-0.1, -0.05) is 5.16 Å². The summed E-state index contributed by atoms with van der Waals surface area (Å²) in [6.07, 6.45) is 2.04. The van der Waals surface area contributed by atoms with Gasteiger partial charge in [-0.2, -0.15) is 0 Å². The van der Waals surface area contributed by atoms with Gasteiger partial charge in [0.25, 0.3) is 5.91 Å². The molecule has 2 aromatic rings. The van der Waals surface area contributed by atoms with Crippen molar-refractivity contribution in [1.29, 1.82) is 0 Å². The Labute approximate surface area is 168 Å². The predicted octanol–water partition coefficient (Wildman–Crippen LogP) is 2.60. The lowest BCUT2D eigenvalue weighted by Crippen LogP contribution is -2.45. The Morgan fingerprint density at radius 2 is 2.03 bits per heavy atom. The summed E-state index contributed by atoms with van der Waals surface area (Å²) in [5.74, 6) is -0.367. The molecular formula is C20H23FN2O5S. The molecule has 0 saturated carbocycles. The summed E-state index contributed by atoms with van der Waals surface area (Å²) in [4.78, 5) is 15.2. The van der Waals surface area contributed by atoms with E-state index in [1.807, 2.05) is 0 Å². The summed E-state index contributed by atoms with van der Waals surface area (Å²) in [5, 5.41) is 4.01. The molecule has 1 aromatic carbocycles. The maximum atomic E-state index is 13.6. The van der Waals surface area contributed by atoms with Gasteiger partial charge < -0.3 is 14.2 Å². The number of hydrogen-bond acceptors (Lipinski definition) is 6. The number of carbonyl (C=O) groups excluding carboxylic acids is 1. The highest BCUT2D eigenvalue weighted by atomic mass is 32.2. The zero-order valence-electron chi connectivity index (χ0n) is 16.1. The van der Waals surface area contributed by atoms with Crippen LogP contribution in [0, 0.1) is 12.7 Å². The number of rotatable bonds is 5. The van der Waals surface area contributed by atoms with Crippen LogP contribution in [0.4, 0.5) is 4.39 Å². The molecule has 2 aliphatic heterocycles. The standard InChI is InChI=1S/C20H23FN2O5S/c1-13-18(19(22-28-13)14-4-6-15(21)7-5-14)20(24)23(11-17-3-2-9-27-17)16-8-10-29(25,26)12-16/h4-7,16-17H,2-3,8-12H2,1H3/t16-,17+/m0/s1. The van der Waals surface area contributed by atoms with Crippen molar-refractivity contribution in [3.63, 3.8) is 0 Å². The smallest absolute Gasteiger partial charge is 0.260 e. The van der Waals surface area contributed by atoms with E-state index in [2.05, 4.69) is 5.16 Å². The Morgan fingerprint density at radius 3 is 2.66 bits per heavy atom. The molecule has 0 bridgehead atoms. The third-order valence-electron chi connectivity index (χ3n) is 5.53. The maximum absolute atomic E-state index is 13.6. The summed E-state index contributed by atoms with van der Waals surface area (Å²) >= 11 is 0. The Kier molecular flexibility index (Phi) is 5.44. The summed E-state index contributed by atoms with van der Waals surface area (Å²) in [6, 6.07) is 5.25. The van der Waals surface area contributed by atoms with Crippen LogP contribution in [0.5, 0.6) is 0 Å². The minimum absolute atomic E-state index is 0.0539. The molecule has 4 rings (SSSR count). The molecule has 7 nitrogen and oxygen atoms in total. The van der Waals surface area contributed by atoms with E-state index in [-0.39, 0.29) is 29.1 Å². The monoisotopic (exact) mass is 422 g/mol. The van der Waals surface area contributed by atoms with E-state index in [9.17, 15) is 17.6 Å². The van der Waals surface area contributed by atoms with Crippen molar-refractivity contribution < 1.29 is 26.9 Å². The van der Waals surface area contributed by atoms with Crippen molar-refractivity contribution in [2.24, 2.45) is 0 Å². The highest BCUT2D eigenvalue weighted by Gasteiger charge is 2.38. The predicted molar refractivity (Wildman–Crippen MR) is 104 cm³/mol. The second-order valence-corrected chi connectivity index (χ2v) is 9.85. The topological polar surface area (TPSA) is 89.7 Å². The second-order valence-electron chi connectivity index (χ2n) is 7.62. The molecule has 2 atom stereocenters. The molecule has 1 amide bonds. The number of carbonyl (C=O) groups is 1. The van der Waals surface area contributed by atoms with E-state index in [1.165, 1.54) is 24.3 Å². The summed E-state index contributed by atoms with van der Waals surface area (Å²) < 4.78 is 48.4. The van der Waals surface area contributed by atoms with Crippen LogP contribution in [0.2, 0.25) is 0 Å². The van der Waals surface area contributed by atoms with E-state index in [4.69, 9.17) is 9.26 Å². The summed E-state index contributed by atoms with van der Waals surface area (Å²) in [5.41, 5.74) is 1.16. The van der Waals surface area contributed by atoms with Gasteiger partial charge in [0.2, 0.25) is 0 Å². The van der Waals surface area contributed by atoms with Crippen LogP contribution >= 0.6 is 0 Å². The van der Waals surface area contributed by atoms with Gasteiger partial charge in [0.15, 0.2) is 9.84 Å². The first-order valence-electron chi connectivity index (χ1n) is 9.69. The first kappa shape index (κ1) is 20.0. The summed E-state index contributed by atoms with van der Waals surface area (Å²) in [6.45, 7) is 2.61. The van der Waals surface area contributed by atoms with Gasteiger partial charge >= 0.3 is 0 Å². The van der Waals surface area contributed by atoms with Crippen LogP contribution in [0.3, 0.4) is 0 Å². The van der Waals surface area contributed by atoms with Crippen LogP contribution in [0.25, 0.3) is 11.3 Å². The van der Waals surface area contributed by atoms with Crippen LogP contribution < -0.4 is 0 Å². The average molecular weight is 422 g/mol. The third-order valence-corrected chi connectivity index (χ3v) is 7.28. The zero-order valence-corrected chi connectivity index (χ0v) is 17.0. The maximum Gasteiger partial charge on any atom is 0.260 e. The Hall–Kier alpha value is -2.26. The van der Waals surface area contributed by atoms with E-state index in [0.717, 1.165) is 12.8 Å². The van der Waals surface area contributed by atoms with Crippen LogP contribution in [-0.4, -0.2) is 61.2 Å². The van der Waals surface area contributed by atoms with Crippen molar-refractivity contribution in [2.45, 2.75) is 38.3 Å². The molecule has 0 N–H and O–H groups in total. The van der Waals surface area contributed by atoms with Gasteiger partial charge in [0, 0.05) is 24.8 Å². The zero-order chi connectivity index (χ0) is 20.6. The first-order valence-corrected chi connectivity index (χ1v) is 11.5. The average Bonchev–Trinajstić information content (AvgIpc) is 3.40. The SMILES string of the molecule is Cc1onc(-c2ccc(F)cc2)c1C(=O)N(C[C@H]1CCCO1)[C@H]1CCS(=O)(=O)C1. The number of aryl methyl sites for hydroxylation is 1. The number of hydrogen-bond donors (Lipinski definition) is 0. The Bertz CT molecular complexity index is 996. The fourth-order valence-corrected chi connectivity index (χ4v) is 5.73. The van der Waals surface area contributed by atoms with E-state index >= 15 is 0 Å². The van der Waals surface area contributed by atoms with Crippen molar-refractivity contribution >= 4 is 15.7 Å². The molecule has 3 heterocycles. The number of benzene rings is 1. The van der Waals surface area contributed by atoms with Crippen LogP contribution in [0.15, 0.2) is 28.8 Å². The van der Waals surface area contributed by atoms with Crippen molar-refractivity contribution in [3.8, 4) is 11.3 Å². The van der Waals surface area contributed by atoms with Crippen molar-refractivity contribution in [3.05, 3.63) is 41.4 Å². The minimum Gasteiger partial charge on any atom is -0.376 e. The minimum atomic E-state index is -3.17. The highest BCUT2D eigenvalue weighted by molar-refractivity contribution is 7.91. The lowest BCUT2D eigenvalue weighted by Gasteiger charge is -2.30. The van der Waals surface area contributed by atoms with Gasteiger partial charge in [-0.25, -0.2) is 12.8 Å². The molecular weight excluding hydrogens is 399 g/mol. The molecule has 0 aliphatic carbocycles. The molecule has 0 spiro atoms. The largest absolute Gasteiger partial charge is 0.376 e. The summed E-state index contributed by atoms with van der Waals surface area (Å²) in [7, 11) is -3.17. The number of aromatic nitrogens is 1. The number of sulfone groups is 1. The van der Waals surface area contributed by atoms with E-state index in [0.29, 0.717) is 36.6 Å². The van der Waals surface area contributed by atoms with Gasteiger partial charge in [0.1, 0.15) is 22.8 Å². The lowest BCUT2D eigenvalue weighted by molar-refractivity contribution is 0.0440. The first-order chi connectivity index (χ1) is 13.8. The van der Waals surface area contributed by atoms with E-state index < -0.39 is 21.7 Å². The molecule has 156 valence electrons. The van der Waals surface area contributed by atoms with Crippen molar-refractivity contribution in [1.82, 2.24) is 10.1 Å².